The number of aromatic nitrogens is 5. The summed E-state index contributed by atoms with van der Waals surface area (Å²) in [5.41, 5.74) is 7.72. The van der Waals surface area contributed by atoms with Gasteiger partial charge >= 0.3 is 0 Å². The van der Waals surface area contributed by atoms with Gasteiger partial charge in [-0.1, -0.05) is 24.3 Å². The Morgan fingerprint density at radius 1 is 0.853 bits per heavy atom. The third-order valence-corrected chi connectivity index (χ3v) is 6.21. The summed E-state index contributed by atoms with van der Waals surface area (Å²) >= 11 is 0. The number of fused-ring (bicyclic) bond motifs is 1. The average molecular weight is 448 g/mol. The number of H-pyrrole nitrogens is 1. The first kappa shape index (κ1) is 20.7. The van der Waals surface area contributed by atoms with Gasteiger partial charge in [0.25, 0.3) is 0 Å². The lowest BCUT2D eigenvalue weighted by atomic mass is 9.98. The van der Waals surface area contributed by atoms with Crippen LogP contribution in [0.5, 0.6) is 0 Å². The average Bonchev–Trinajstić information content (AvgIpc) is 3.38. The van der Waals surface area contributed by atoms with E-state index in [0.29, 0.717) is 11.9 Å². The Labute approximate surface area is 197 Å². The van der Waals surface area contributed by atoms with Crippen molar-refractivity contribution in [3.8, 4) is 33.9 Å². The third kappa shape index (κ3) is 3.96. The van der Waals surface area contributed by atoms with Crippen molar-refractivity contribution in [2.75, 3.05) is 19.6 Å². The molecule has 0 aliphatic carbocycles. The van der Waals surface area contributed by atoms with E-state index in [0.717, 1.165) is 64.4 Å². The molecule has 5 heterocycles. The molecule has 0 saturated carbocycles. The van der Waals surface area contributed by atoms with E-state index < -0.39 is 0 Å². The van der Waals surface area contributed by atoms with Crippen LogP contribution in [-0.4, -0.2) is 44.6 Å². The number of pyridine rings is 2. The van der Waals surface area contributed by atoms with Crippen molar-refractivity contribution in [2.45, 2.75) is 13.0 Å². The number of rotatable bonds is 4. The molecule has 1 saturated heterocycles. The Bertz CT molecular complexity index is 1470. The lowest BCUT2D eigenvalue weighted by molar-refractivity contribution is 0.430. The second-order valence-corrected chi connectivity index (χ2v) is 8.60. The van der Waals surface area contributed by atoms with Crippen molar-refractivity contribution in [1.29, 1.82) is 0 Å². The summed E-state index contributed by atoms with van der Waals surface area (Å²) in [5.74, 6) is 0.594. The van der Waals surface area contributed by atoms with E-state index in [4.69, 9.17) is 9.97 Å². The van der Waals surface area contributed by atoms with Gasteiger partial charge in [-0.25, -0.2) is 15.0 Å². The molecule has 0 radical (unpaired) electrons. The lowest BCUT2D eigenvalue weighted by Crippen LogP contribution is -2.42. The molecule has 1 unspecified atom stereocenters. The van der Waals surface area contributed by atoms with Crippen molar-refractivity contribution < 1.29 is 0 Å². The Morgan fingerprint density at radius 3 is 2.65 bits per heavy atom. The molecule has 6 rings (SSSR count). The molecule has 3 N–H and O–H groups in total. The predicted molar refractivity (Wildman–Crippen MR) is 134 cm³/mol. The summed E-state index contributed by atoms with van der Waals surface area (Å²) in [6.07, 6.45) is 5.66. The highest BCUT2D eigenvalue weighted by Crippen LogP contribution is 2.31. The Hall–Kier alpha value is -3.94. The van der Waals surface area contributed by atoms with E-state index in [1.54, 1.807) is 0 Å². The predicted octanol–water partition coefficient (Wildman–Crippen LogP) is 4.29. The minimum absolute atomic E-state index is 0.315. The maximum Gasteiger partial charge on any atom is 0.180 e. The molecule has 5 aromatic rings. The van der Waals surface area contributed by atoms with E-state index in [-0.39, 0.29) is 0 Å². The summed E-state index contributed by atoms with van der Waals surface area (Å²) in [7, 11) is 0. The van der Waals surface area contributed by atoms with E-state index in [2.05, 4.69) is 55.9 Å². The van der Waals surface area contributed by atoms with Crippen molar-refractivity contribution in [2.24, 2.45) is 0 Å². The molecule has 1 aliphatic rings. The number of aromatic amines is 1. The van der Waals surface area contributed by atoms with Crippen molar-refractivity contribution in [3.05, 3.63) is 84.4 Å². The van der Waals surface area contributed by atoms with Gasteiger partial charge in [0.15, 0.2) is 5.82 Å². The van der Waals surface area contributed by atoms with Crippen LogP contribution in [0.25, 0.3) is 44.9 Å². The quantitative estimate of drug-likeness (QED) is 0.381. The zero-order valence-corrected chi connectivity index (χ0v) is 18.9. The Kier molecular flexibility index (Phi) is 5.33. The molecule has 0 bridgehead atoms. The second kappa shape index (κ2) is 8.78. The van der Waals surface area contributed by atoms with Gasteiger partial charge in [-0.15, -0.1) is 0 Å². The van der Waals surface area contributed by atoms with Crippen LogP contribution in [0.3, 0.4) is 0 Å². The zero-order valence-electron chi connectivity index (χ0n) is 18.9. The largest absolute Gasteiger partial charge is 0.346 e. The highest BCUT2D eigenvalue weighted by Gasteiger charge is 2.16. The van der Waals surface area contributed by atoms with E-state index in [1.807, 2.05) is 49.8 Å². The lowest BCUT2D eigenvalue weighted by Gasteiger charge is -2.25. The Morgan fingerprint density at radius 2 is 1.76 bits per heavy atom. The molecule has 7 nitrogen and oxygen atoms in total. The minimum Gasteiger partial charge on any atom is -0.346 e. The van der Waals surface area contributed by atoms with Crippen molar-refractivity contribution >= 4 is 11.0 Å². The van der Waals surface area contributed by atoms with E-state index >= 15 is 0 Å². The maximum atomic E-state index is 4.93. The summed E-state index contributed by atoms with van der Waals surface area (Å²) in [6.45, 7) is 4.89. The first-order chi connectivity index (χ1) is 16.7. The normalized spacial score (nSPS) is 16.1. The number of nitrogens with zero attached hydrogens (tertiary/aromatic N) is 4. The van der Waals surface area contributed by atoms with Crippen LogP contribution in [0.15, 0.2) is 73.2 Å². The van der Waals surface area contributed by atoms with Crippen molar-refractivity contribution in [1.82, 2.24) is 35.6 Å². The molecule has 34 heavy (non-hydrogen) atoms. The van der Waals surface area contributed by atoms with Gasteiger partial charge in [0.2, 0.25) is 0 Å². The molecule has 1 aliphatic heterocycles. The monoisotopic (exact) mass is 447 g/mol. The van der Waals surface area contributed by atoms with Crippen LogP contribution >= 0.6 is 0 Å². The van der Waals surface area contributed by atoms with Crippen molar-refractivity contribution in [3.63, 3.8) is 0 Å². The Balaban J connectivity index is 1.43. The standard InChI is InChI=1S/C27H25N7/c1-17-4-2-7-23(32-17)27-33-25(22-8-9-31-26(22)34-27)21-13-20(14-29-15-21)18-5-3-6-19(12-18)24-16-28-10-11-30-24/h2-9,12-15,24,28,30H,10-11,16H2,1H3,(H,31,33,34). The van der Waals surface area contributed by atoms with Crippen LogP contribution in [0.2, 0.25) is 0 Å². The summed E-state index contributed by atoms with van der Waals surface area (Å²) in [6, 6.07) is 19.0. The van der Waals surface area contributed by atoms with E-state index in [1.165, 1.54) is 5.56 Å². The highest BCUT2D eigenvalue weighted by molar-refractivity contribution is 5.92. The molecule has 1 aromatic carbocycles. The van der Waals surface area contributed by atoms with Crippen LogP contribution in [0.4, 0.5) is 0 Å². The summed E-state index contributed by atoms with van der Waals surface area (Å²) in [4.78, 5) is 22.1. The van der Waals surface area contributed by atoms with E-state index in [9.17, 15) is 0 Å². The number of piperazine rings is 1. The highest BCUT2D eigenvalue weighted by atomic mass is 15.1. The molecule has 0 amide bonds. The third-order valence-electron chi connectivity index (χ3n) is 6.21. The molecular weight excluding hydrogens is 422 g/mol. The SMILES string of the molecule is Cc1cccc(-c2nc(-c3cncc(-c4cccc(C5CNCCN5)c4)c3)c3cc[nH]c3n2)n1. The molecule has 7 heteroatoms. The molecule has 168 valence electrons. The van der Waals surface area contributed by atoms with Gasteiger partial charge < -0.3 is 15.6 Å². The smallest absolute Gasteiger partial charge is 0.180 e. The number of hydrogen-bond acceptors (Lipinski definition) is 6. The summed E-state index contributed by atoms with van der Waals surface area (Å²) in [5, 5.41) is 8.01. The van der Waals surface area contributed by atoms with Crippen LogP contribution in [0.1, 0.15) is 17.3 Å². The molecule has 4 aromatic heterocycles. The molecule has 0 spiro atoms. The number of nitrogens with one attached hydrogen (secondary N) is 3. The number of benzene rings is 1. The second-order valence-electron chi connectivity index (χ2n) is 8.60. The number of hydrogen-bond donors (Lipinski definition) is 3. The topological polar surface area (TPSA) is 91.4 Å². The first-order valence-electron chi connectivity index (χ1n) is 11.5. The first-order valence-corrected chi connectivity index (χ1v) is 11.5. The van der Waals surface area contributed by atoms with Gasteiger partial charge in [-0.3, -0.25) is 4.98 Å². The fourth-order valence-electron chi connectivity index (χ4n) is 4.49. The van der Waals surface area contributed by atoms with Crippen LogP contribution < -0.4 is 10.6 Å². The molecule has 1 fully saturated rings. The fraction of sp³-hybridized carbons (Fsp3) is 0.185. The molecular formula is C27H25N7. The minimum atomic E-state index is 0.315. The fourth-order valence-corrected chi connectivity index (χ4v) is 4.49. The van der Waals surface area contributed by atoms with Gasteiger partial charge in [-0.2, -0.15) is 0 Å². The van der Waals surface area contributed by atoms with Gasteiger partial charge in [0.1, 0.15) is 11.3 Å². The van der Waals surface area contributed by atoms with Crippen LogP contribution in [0, 0.1) is 6.92 Å². The van der Waals surface area contributed by atoms with Gasteiger partial charge in [-0.05, 0) is 48.4 Å². The maximum absolute atomic E-state index is 4.93. The van der Waals surface area contributed by atoms with Gasteiger partial charge in [0.05, 0.1) is 5.69 Å². The zero-order chi connectivity index (χ0) is 22.9. The van der Waals surface area contributed by atoms with Gasteiger partial charge in [0, 0.05) is 66.5 Å². The summed E-state index contributed by atoms with van der Waals surface area (Å²) < 4.78 is 0. The number of aryl methyl sites for hydroxylation is 1. The molecule has 1 atom stereocenters. The van der Waals surface area contributed by atoms with Crippen LogP contribution in [-0.2, 0) is 0 Å².